The summed E-state index contributed by atoms with van der Waals surface area (Å²) in [7, 11) is 0. The molecule has 0 fully saturated rings. The molecule has 0 saturated heterocycles. The van der Waals surface area contributed by atoms with E-state index in [2.05, 4.69) is 22.6 Å². The van der Waals surface area contributed by atoms with Crippen LogP contribution in [0.4, 0.5) is 5.69 Å². The predicted molar refractivity (Wildman–Crippen MR) is 87.7 cm³/mol. The van der Waals surface area contributed by atoms with Crippen LogP contribution in [-0.2, 0) is 11.2 Å². The predicted octanol–water partition coefficient (Wildman–Crippen LogP) is 3.98. The highest BCUT2D eigenvalue weighted by atomic mass is 127. The Kier molecular flexibility index (Phi) is 5.18. The van der Waals surface area contributed by atoms with E-state index in [-0.39, 0.29) is 17.7 Å². The maximum atomic E-state index is 11.1. The molecule has 1 N–H and O–H groups in total. The zero-order valence-corrected chi connectivity index (χ0v) is 13.6. The Morgan fingerprint density at radius 3 is 2.38 bits per heavy atom. The van der Waals surface area contributed by atoms with Crippen molar-refractivity contribution in [3.63, 3.8) is 0 Å². The van der Waals surface area contributed by atoms with Gasteiger partial charge in [-0.25, -0.2) is 0 Å². The van der Waals surface area contributed by atoms with Crippen molar-refractivity contribution in [1.29, 1.82) is 0 Å². The molecule has 2 aromatic carbocycles. The molecule has 0 aliphatic rings. The Hall–Kier alpha value is -1.61. The summed E-state index contributed by atoms with van der Waals surface area (Å²) in [4.78, 5) is 22.9. The van der Waals surface area contributed by atoms with Gasteiger partial charge in [0, 0.05) is 25.0 Å². The monoisotopic (exact) mass is 415 g/mol. The van der Waals surface area contributed by atoms with Crippen LogP contribution in [0, 0.1) is 13.7 Å². The summed E-state index contributed by atoms with van der Waals surface area (Å²) in [6.45, 7) is 0. The molecule has 0 radical (unpaired) electrons. The fourth-order valence-corrected chi connectivity index (χ4v) is 2.94. The molecule has 0 saturated carbocycles. The number of carboxylic acid groups (broad SMARTS) is 1. The molecule has 0 amide bonds. The van der Waals surface area contributed by atoms with E-state index >= 15 is 0 Å². The van der Waals surface area contributed by atoms with Crippen LogP contribution in [0.3, 0.4) is 0 Å². The van der Waals surface area contributed by atoms with Crippen LogP contribution in [-0.4, -0.2) is 16.0 Å². The third kappa shape index (κ3) is 4.43. The van der Waals surface area contributed by atoms with Crippen molar-refractivity contribution >= 4 is 46.0 Å². The van der Waals surface area contributed by atoms with Crippen molar-refractivity contribution in [2.45, 2.75) is 16.2 Å². The van der Waals surface area contributed by atoms with E-state index in [0.717, 1.165) is 8.47 Å². The number of hydrogen-bond donors (Lipinski definition) is 1. The Balaban J connectivity index is 2.29. The topological polar surface area (TPSA) is 80.4 Å². The quantitative estimate of drug-likeness (QED) is 0.454. The number of hydrogen-bond acceptors (Lipinski definition) is 4. The smallest absolute Gasteiger partial charge is 0.308 e. The van der Waals surface area contributed by atoms with Crippen LogP contribution in [0.15, 0.2) is 52.3 Å². The first kappa shape index (κ1) is 15.8. The fraction of sp³-hybridized carbons (Fsp3) is 0.0714. The summed E-state index contributed by atoms with van der Waals surface area (Å²) in [6, 6.07) is 12.4. The summed E-state index contributed by atoms with van der Waals surface area (Å²) in [5, 5.41) is 19.8. The van der Waals surface area contributed by atoms with Gasteiger partial charge < -0.3 is 5.11 Å². The van der Waals surface area contributed by atoms with Gasteiger partial charge in [0.2, 0.25) is 0 Å². The number of nitro benzene ring substituents is 1. The second-order valence-electron chi connectivity index (χ2n) is 4.17. The van der Waals surface area contributed by atoms with Gasteiger partial charge in [0.1, 0.15) is 0 Å². The van der Waals surface area contributed by atoms with Crippen LogP contribution in [0.1, 0.15) is 5.56 Å². The van der Waals surface area contributed by atoms with Gasteiger partial charge in [-0.2, -0.15) is 0 Å². The van der Waals surface area contributed by atoms with Crippen molar-refractivity contribution < 1.29 is 14.8 Å². The van der Waals surface area contributed by atoms with Crippen molar-refractivity contribution in [3.8, 4) is 0 Å². The molecule has 108 valence electrons. The number of rotatable bonds is 5. The molecule has 0 bridgehead atoms. The van der Waals surface area contributed by atoms with Gasteiger partial charge in [-0.05, 0) is 52.9 Å². The maximum absolute atomic E-state index is 11.1. The van der Waals surface area contributed by atoms with Gasteiger partial charge in [-0.3, -0.25) is 14.9 Å². The van der Waals surface area contributed by atoms with Crippen LogP contribution in [0.5, 0.6) is 0 Å². The number of nitrogens with zero attached hydrogens (tertiary/aromatic N) is 1. The first-order valence-electron chi connectivity index (χ1n) is 5.88. The molecular formula is C14H10INO4S. The van der Waals surface area contributed by atoms with Gasteiger partial charge in [0.15, 0.2) is 0 Å². The number of nitro groups is 1. The molecular weight excluding hydrogens is 405 g/mol. The van der Waals surface area contributed by atoms with Crippen LogP contribution >= 0.6 is 34.4 Å². The molecule has 0 aliphatic carbocycles. The van der Waals surface area contributed by atoms with E-state index in [4.69, 9.17) is 5.11 Å². The van der Waals surface area contributed by atoms with Crippen LogP contribution in [0.2, 0.25) is 0 Å². The summed E-state index contributed by atoms with van der Waals surface area (Å²) >= 11 is 3.60. The largest absolute Gasteiger partial charge is 0.481 e. The Morgan fingerprint density at radius 1 is 1.19 bits per heavy atom. The minimum absolute atomic E-state index is 0.159. The third-order valence-corrected chi connectivity index (χ3v) is 4.36. The second kappa shape index (κ2) is 6.90. The summed E-state index contributed by atoms with van der Waals surface area (Å²) in [5.41, 5.74) is 0.0485. The fourth-order valence-electron chi connectivity index (χ4n) is 1.73. The highest BCUT2D eigenvalue weighted by Crippen LogP contribution is 2.32. The minimum atomic E-state index is -1.09. The molecule has 2 aromatic rings. The van der Waals surface area contributed by atoms with Crippen molar-refractivity contribution in [2.24, 2.45) is 0 Å². The molecule has 7 heteroatoms. The molecule has 5 nitrogen and oxygen atoms in total. The lowest BCUT2D eigenvalue weighted by Gasteiger charge is -2.05. The molecule has 21 heavy (non-hydrogen) atoms. The molecule has 2 rings (SSSR count). The van der Waals surface area contributed by atoms with Gasteiger partial charge in [-0.1, -0.05) is 17.8 Å². The number of carbonyl (C=O) groups is 1. The molecule has 0 aliphatic heterocycles. The van der Waals surface area contributed by atoms with E-state index in [0.29, 0.717) is 4.90 Å². The van der Waals surface area contributed by atoms with Crippen molar-refractivity contribution in [1.82, 2.24) is 0 Å². The first-order valence-corrected chi connectivity index (χ1v) is 7.78. The summed E-state index contributed by atoms with van der Waals surface area (Å²) < 4.78 is 1.11. The number of halogens is 1. The molecule has 0 unspecified atom stereocenters. The average Bonchev–Trinajstić information content (AvgIpc) is 2.42. The molecule has 0 atom stereocenters. The standard InChI is InChI=1S/C14H10INO4S/c15-10-2-5-11(6-3-10)21-12-4-1-9(7-14(17)18)13(8-12)16(19)20/h1-6,8H,7H2,(H,17,18). The Morgan fingerprint density at radius 2 is 1.81 bits per heavy atom. The lowest BCUT2D eigenvalue weighted by Crippen LogP contribution is -2.03. The van der Waals surface area contributed by atoms with Crippen molar-refractivity contribution in [2.75, 3.05) is 0 Å². The minimum Gasteiger partial charge on any atom is -0.481 e. The molecule has 0 aromatic heterocycles. The highest BCUT2D eigenvalue weighted by molar-refractivity contribution is 14.1. The van der Waals surface area contributed by atoms with E-state index < -0.39 is 10.9 Å². The van der Waals surface area contributed by atoms with E-state index in [9.17, 15) is 14.9 Å². The maximum Gasteiger partial charge on any atom is 0.308 e. The first-order chi connectivity index (χ1) is 9.95. The van der Waals surface area contributed by atoms with Gasteiger partial charge in [0.05, 0.1) is 11.3 Å². The Bertz CT molecular complexity index is 688. The zero-order valence-electron chi connectivity index (χ0n) is 10.7. The van der Waals surface area contributed by atoms with E-state index in [1.807, 2.05) is 24.3 Å². The average molecular weight is 415 g/mol. The lowest BCUT2D eigenvalue weighted by atomic mass is 10.1. The summed E-state index contributed by atoms with van der Waals surface area (Å²) in [5.74, 6) is -1.09. The van der Waals surface area contributed by atoms with Crippen molar-refractivity contribution in [3.05, 3.63) is 61.7 Å². The third-order valence-electron chi connectivity index (χ3n) is 2.64. The number of aliphatic carboxylic acids is 1. The van der Waals surface area contributed by atoms with Gasteiger partial charge in [0.25, 0.3) is 5.69 Å². The zero-order chi connectivity index (χ0) is 15.4. The second-order valence-corrected chi connectivity index (χ2v) is 6.57. The van der Waals surface area contributed by atoms with E-state index in [1.54, 1.807) is 6.07 Å². The highest BCUT2D eigenvalue weighted by Gasteiger charge is 2.17. The number of carboxylic acids is 1. The van der Waals surface area contributed by atoms with Crippen LogP contribution < -0.4 is 0 Å². The number of benzene rings is 2. The summed E-state index contributed by atoms with van der Waals surface area (Å²) in [6.07, 6.45) is -0.356. The Labute approximate surface area is 138 Å². The molecule has 0 heterocycles. The van der Waals surface area contributed by atoms with Gasteiger partial charge >= 0.3 is 5.97 Å². The molecule has 0 spiro atoms. The lowest BCUT2D eigenvalue weighted by molar-refractivity contribution is -0.385. The SMILES string of the molecule is O=C(O)Cc1ccc(Sc2ccc(I)cc2)cc1[N+](=O)[O-]. The van der Waals surface area contributed by atoms with Crippen LogP contribution in [0.25, 0.3) is 0 Å². The van der Waals surface area contributed by atoms with Gasteiger partial charge in [-0.15, -0.1) is 0 Å². The normalized spacial score (nSPS) is 10.3. The van der Waals surface area contributed by atoms with E-state index in [1.165, 1.54) is 23.9 Å².